The fourth-order valence-corrected chi connectivity index (χ4v) is 11.0. The first-order valence-electron chi connectivity index (χ1n) is 22.7. The minimum Gasteiger partial charge on any atom is -0.340 e. The van der Waals surface area contributed by atoms with E-state index in [1.165, 1.54) is 102 Å². The second-order valence-corrected chi connectivity index (χ2v) is 19.3. The molecule has 0 N–H and O–H groups in total. The van der Waals surface area contributed by atoms with Crippen molar-refractivity contribution >= 4 is 55.5 Å². The molecule has 0 saturated carbocycles. The Bertz CT molecular complexity index is 2940. The van der Waals surface area contributed by atoms with Gasteiger partial charge < -0.3 is 4.57 Å². The van der Waals surface area contributed by atoms with Crippen LogP contribution in [0.2, 0.25) is 0 Å². The van der Waals surface area contributed by atoms with Gasteiger partial charge in [0.2, 0.25) is 0 Å². The van der Waals surface area contributed by atoms with Gasteiger partial charge in [0.1, 0.15) is 0 Å². The maximum atomic E-state index is 5.69. The van der Waals surface area contributed by atoms with E-state index in [2.05, 4.69) is 161 Å². The molecular weight excluding hydrogens is 779 g/mol. The predicted molar refractivity (Wildman–Crippen MR) is 266 cm³/mol. The fraction of sp³-hybridized carbons (Fsp3) is 0.286. The summed E-state index contributed by atoms with van der Waals surface area (Å²) in [6, 6.07) is 45.7. The lowest BCUT2D eigenvalue weighted by atomic mass is 9.98. The number of hydrogen-bond donors (Lipinski definition) is 0. The van der Waals surface area contributed by atoms with Gasteiger partial charge in [-0.05, 0) is 91.8 Å². The quantitative estimate of drug-likeness (QED) is 0.0908. The molecular formula is C56H57N3S2. The number of unbranched alkanes of at least 4 members (excludes halogenated alkanes) is 5. The van der Waals surface area contributed by atoms with Gasteiger partial charge in [-0.25, -0.2) is 9.97 Å². The third-order valence-corrected chi connectivity index (χ3v) is 14.5. The minimum absolute atomic E-state index is 0.926. The standard InChI is InChI=1S/C56H57N3S2/c1-6-9-10-11-12-13-34-59-48-35-37(4)16-27-44(48)45-28-26-43(36-49(45)59)50-32-33-52(61-50)47-30-29-46(51-31-17-38(5)60-51)55-56(47)58-54(42-24-20-40(15-8-3)21-25-42)53(57-55)41-22-18-39(14-7-2)19-23-41/h16-33,35-36H,6-15,34H2,1-5H3. The Balaban J connectivity index is 1.17. The summed E-state index contributed by atoms with van der Waals surface area (Å²) >= 11 is 3.67. The van der Waals surface area contributed by atoms with Crippen molar-refractivity contribution in [3.8, 4) is 53.8 Å². The first kappa shape index (κ1) is 41.0. The van der Waals surface area contributed by atoms with Gasteiger partial charge >= 0.3 is 0 Å². The number of aromatic nitrogens is 3. The third kappa shape index (κ3) is 8.48. The molecule has 9 rings (SSSR count). The molecule has 4 heterocycles. The molecule has 61 heavy (non-hydrogen) atoms. The first-order valence-corrected chi connectivity index (χ1v) is 24.3. The monoisotopic (exact) mass is 835 g/mol. The van der Waals surface area contributed by atoms with Crippen LogP contribution in [-0.2, 0) is 19.4 Å². The highest BCUT2D eigenvalue weighted by Crippen LogP contribution is 2.44. The van der Waals surface area contributed by atoms with Crippen molar-refractivity contribution in [2.75, 3.05) is 0 Å². The van der Waals surface area contributed by atoms with Gasteiger partial charge in [0.15, 0.2) is 0 Å². The molecule has 0 spiro atoms. The van der Waals surface area contributed by atoms with Crippen molar-refractivity contribution in [3.63, 3.8) is 0 Å². The van der Waals surface area contributed by atoms with E-state index in [1.807, 2.05) is 22.7 Å². The summed E-state index contributed by atoms with van der Waals surface area (Å²) in [4.78, 5) is 16.3. The Kier molecular flexibility index (Phi) is 12.3. The molecule has 5 aromatic carbocycles. The SMILES string of the molecule is CCCCCCCCn1c2cc(C)ccc2c2ccc(-c3ccc(-c4ccc(-c5ccc(C)s5)c5nc(-c6ccc(CCC)cc6)c(-c6ccc(CCC)cc6)nc45)s3)cc21. The maximum Gasteiger partial charge on any atom is 0.0988 e. The Morgan fingerprint density at radius 1 is 0.459 bits per heavy atom. The summed E-state index contributed by atoms with van der Waals surface area (Å²) < 4.78 is 2.59. The molecule has 0 saturated heterocycles. The number of benzene rings is 5. The lowest BCUT2D eigenvalue weighted by molar-refractivity contribution is 0.571. The largest absolute Gasteiger partial charge is 0.340 e. The number of nitrogens with zero attached hydrogens (tertiary/aromatic N) is 3. The zero-order valence-corrected chi connectivity index (χ0v) is 38.1. The van der Waals surface area contributed by atoms with Crippen molar-refractivity contribution in [1.29, 1.82) is 0 Å². The molecule has 9 aromatic rings. The average molecular weight is 836 g/mol. The molecule has 3 nitrogen and oxygen atoms in total. The number of rotatable bonds is 16. The Labute approximate surface area is 370 Å². The second kappa shape index (κ2) is 18.3. The van der Waals surface area contributed by atoms with Crippen molar-refractivity contribution in [3.05, 3.63) is 143 Å². The molecule has 0 aliphatic heterocycles. The lowest BCUT2D eigenvalue weighted by Crippen LogP contribution is -1.99. The van der Waals surface area contributed by atoms with E-state index >= 15 is 0 Å². The number of fused-ring (bicyclic) bond motifs is 4. The van der Waals surface area contributed by atoms with Crippen LogP contribution in [0.3, 0.4) is 0 Å². The third-order valence-electron chi connectivity index (χ3n) is 12.3. The number of aryl methyl sites for hydroxylation is 5. The van der Waals surface area contributed by atoms with Crippen LogP contribution in [0.15, 0.2) is 121 Å². The Morgan fingerprint density at radius 2 is 0.984 bits per heavy atom. The molecule has 0 radical (unpaired) electrons. The fourth-order valence-electron chi connectivity index (χ4n) is 9.04. The summed E-state index contributed by atoms with van der Waals surface area (Å²) in [5.74, 6) is 0. The van der Waals surface area contributed by atoms with Crippen LogP contribution >= 0.6 is 22.7 Å². The minimum atomic E-state index is 0.926. The zero-order valence-electron chi connectivity index (χ0n) is 36.5. The molecule has 0 amide bonds. The average Bonchev–Trinajstić information content (AvgIpc) is 4.02. The van der Waals surface area contributed by atoms with E-state index in [0.717, 1.165) is 76.9 Å². The van der Waals surface area contributed by atoms with Gasteiger partial charge in [-0.3, -0.25) is 0 Å². The molecule has 0 aliphatic carbocycles. The van der Waals surface area contributed by atoms with Crippen LogP contribution in [0.1, 0.15) is 93.7 Å². The molecule has 0 aliphatic rings. The van der Waals surface area contributed by atoms with Crippen LogP contribution in [-0.4, -0.2) is 14.5 Å². The van der Waals surface area contributed by atoms with Crippen LogP contribution in [0.4, 0.5) is 0 Å². The van der Waals surface area contributed by atoms with Gasteiger partial charge in [-0.1, -0.05) is 151 Å². The van der Waals surface area contributed by atoms with Gasteiger partial charge in [0.05, 0.1) is 22.4 Å². The van der Waals surface area contributed by atoms with E-state index in [1.54, 1.807) is 0 Å². The number of hydrogen-bond acceptors (Lipinski definition) is 4. The van der Waals surface area contributed by atoms with Crippen LogP contribution in [0, 0.1) is 13.8 Å². The predicted octanol–water partition coefficient (Wildman–Crippen LogP) is 17.1. The number of thiophene rings is 2. The van der Waals surface area contributed by atoms with Gasteiger partial charge in [-0.2, -0.15) is 0 Å². The van der Waals surface area contributed by atoms with Crippen LogP contribution < -0.4 is 0 Å². The Hall–Kier alpha value is -5.36. The van der Waals surface area contributed by atoms with Crippen molar-refractivity contribution in [1.82, 2.24) is 14.5 Å². The van der Waals surface area contributed by atoms with Crippen LogP contribution in [0.25, 0.3) is 86.7 Å². The normalized spacial score (nSPS) is 11.8. The molecule has 5 heteroatoms. The topological polar surface area (TPSA) is 30.7 Å². The van der Waals surface area contributed by atoms with Gasteiger partial charge in [-0.15, -0.1) is 22.7 Å². The van der Waals surface area contributed by atoms with E-state index in [0.29, 0.717) is 0 Å². The molecule has 0 bridgehead atoms. The molecule has 0 fully saturated rings. The van der Waals surface area contributed by atoms with Crippen LogP contribution in [0.5, 0.6) is 0 Å². The van der Waals surface area contributed by atoms with E-state index in [4.69, 9.17) is 9.97 Å². The zero-order chi connectivity index (χ0) is 41.9. The summed E-state index contributed by atoms with van der Waals surface area (Å²) in [6.07, 6.45) is 12.1. The van der Waals surface area contributed by atoms with E-state index < -0.39 is 0 Å². The highest BCUT2D eigenvalue weighted by molar-refractivity contribution is 7.19. The molecule has 4 aromatic heterocycles. The summed E-state index contributed by atoms with van der Waals surface area (Å²) in [7, 11) is 0. The second-order valence-electron chi connectivity index (χ2n) is 16.9. The van der Waals surface area contributed by atoms with Gasteiger partial charge in [0.25, 0.3) is 0 Å². The smallest absolute Gasteiger partial charge is 0.0988 e. The van der Waals surface area contributed by atoms with E-state index in [-0.39, 0.29) is 0 Å². The molecule has 0 atom stereocenters. The highest BCUT2D eigenvalue weighted by atomic mass is 32.1. The van der Waals surface area contributed by atoms with Gasteiger partial charge in [0, 0.05) is 70.1 Å². The van der Waals surface area contributed by atoms with Crippen molar-refractivity contribution in [2.45, 2.75) is 105 Å². The van der Waals surface area contributed by atoms with E-state index in [9.17, 15) is 0 Å². The molecule has 0 unspecified atom stereocenters. The van der Waals surface area contributed by atoms with Crippen molar-refractivity contribution < 1.29 is 0 Å². The first-order chi connectivity index (χ1) is 29.9. The van der Waals surface area contributed by atoms with Crippen molar-refractivity contribution in [2.24, 2.45) is 0 Å². The summed E-state index contributed by atoms with van der Waals surface area (Å²) in [6.45, 7) is 12.2. The summed E-state index contributed by atoms with van der Waals surface area (Å²) in [5, 5.41) is 2.69. The lowest BCUT2D eigenvalue weighted by Gasteiger charge is -2.15. The highest BCUT2D eigenvalue weighted by Gasteiger charge is 2.21. The summed E-state index contributed by atoms with van der Waals surface area (Å²) in [5.41, 5.74) is 16.2. The maximum absolute atomic E-state index is 5.69. The Morgan fingerprint density at radius 3 is 1.57 bits per heavy atom. The molecule has 308 valence electrons.